The van der Waals surface area contributed by atoms with E-state index in [1.165, 1.54) is 0 Å². The average Bonchev–Trinajstić information content (AvgIpc) is 3.35. The lowest BCUT2D eigenvalue weighted by atomic mass is 9.91. The van der Waals surface area contributed by atoms with Crippen molar-refractivity contribution in [2.45, 2.75) is 76.0 Å². The second kappa shape index (κ2) is 16.0. The van der Waals surface area contributed by atoms with Crippen LogP contribution in [0.25, 0.3) is 11.0 Å². The number of aryl methyl sites for hydroxylation is 1. The van der Waals surface area contributed by atoms with Crippen LogP contribution in [0.5, 0.6) is 5.75 Å². The zero-order valence-corrected chi connectivity index (χ0v) is 23.1. The maximum atomic E-state index is 12.1. The van der Waals surface area contributed by atoms with Crippen molar-refractivity contribution in [1.29, 1.82) is 0 Å². The number of phenols is 1. The summed E-state index contributed by atoms with van der Waals surface area (Å²) < 4.78 is 8.06. The Hall–Kier alpha value is -3.07. The summed E-state index contributed by atoms with van der Waals surface area (Å²) >= 11 is 0. The van der Waals surface area contributed by atoms with Gasteiger partial charge in [0.1, 0.15) is 24.6 Å². The standard InChI is InChI=1S/C28H37N3O3.CH4O.CH2O/c1-19(29-2)12-13-24-26(33)15-14-25-28(24)30-27(16-21(18-32)20-8-5-4-6-9-20)31(25)22-10-7-11-23(17-22)34-3;2*1-2/h4-6,8-9,14-15,18-19,21-23,29,33H,7,10-13,16-17H2,1-3H3;2H,1H3;1H2. The van der Waals surface area contributed by atoms with Crippen molar-refractivity contribution < 1.29 is 24.5 Å². The van der Waals surface area contributed by atoms with Gasteiger partial charge in [-0.2, -0.15) is 0 Å². The first-order chi connectivity index (χ1) is 18.5. The minimum Gasteiger partial charge on any atom is -0.508 e. The van der Waals surface area contributed by atoms with Gasteiger partial charge in [-0.3, -0.25) is 0 Å². The minimum atomic E-state index is -0.264. The summed E-state index contributed by atoms with van der Waals surface area (Å²) in [4.78, 5) is 25.2. The molecule has 4 atom stereocenters. The van der Waals surface area contributed by atoms with Crippen LogP contribution in [0.15, 0.2) is 42.5 Å². The number of aldehydes is 1. The third-order valence-corrected chi connectivity index (χ3v) is 7.43. The summed E-state index contributed by atoms with van der Waals surface area (Å²) in [6, 6.07) is 14.3. The van der Waals surface area contributed by atoms with Crippen molar-refractivity contribution in [1.82, 2.24) is 14.9 Å². The summed E-state index contributed by atoms with van der Waals surface area (Å²) in [5, 5.41) is 21.0. The Labute approximate surface area is 226 Å². The van der Waals surface area contributed by atoms with Gasteiger partial charge in [0.25, 0.3) is 0 Å². The number of methoxy groups -OCH3 is 1. The molecule has 0 aliphatic heterocycles. The predicted molar refractivity (Wildman–Crippen MR) is 151 cm³/mol. The lowest BCUT2D eigenvalue weighted by Gasteiger charge is -2.31. The van der Waals surface area contributed by atoms with Crippen LogP contribution in [0.4, 0.5) is 0 Å². The second-order valence-electron chi connectivity index (χ2n) is 9.59. The van der Waals surface area contributed by atoms with Crippen molar-refractivity contribution in [3.63, 3.8) is 0 Å². The number of nitrogens with zero attached hydrogens (tertiary/aromatic N) is 2. The Morgan fingerprint density at radius 2 is 1.89 bits per heavy atom. The number of aromatic hydroxyl groups is 1. The SMILES string of the molecule is C=O.CNC(C)CCc1c(O)ccc2c1nc(CC(C=O)c1ccccc1)n2C1CCCC(OC)C1.CO. The number of phenolic OH excluding ortho intramolecular Hbond substituents is 1. The van der Waals surface area contributed by atoms with Gasteiger partial charge in [0, 0.05) is 44.2 Å². The van der Waals surface area contributed by atoms with Crippen LogP contribution >= 0.6 is 0 Å². The number of rotatable bonds is 10. The van der Waals surface area contributed by atoms with Crippen molar-refractivity contribution in [2.24, 2.45) is 0 Å². The topological polar surface area (TPSA) is 114 Å². The second-order valence-corrected chi connectivity index (χ2v) is 9.59. The molecule has 0 spiro atoms. The summed E-state index contributed by atoms with van der Waals surface area (Å²) in [7, 11) is 4.74. The Balaban J connectivity index is 0.00000121. The van der Waals surface area contributed by atoms with Gasteiger partial charge in [0.2, 0.25) is 0 Å². The highest BCUT2D eigenvalue weighted by Crippen LogP contribution is 2.37. The number of imidazole rings is 1. The zero-order valence-electron chi connectivity index (χ0n) is 23.1. The van der Waals surface area contributed by atoms with E-state index in [1.54, 1.807) is 13.2 Å². The molecular formula is C30H43N3O5. The number of aliphatic hydroxyl groups is 1. The summed E-state index contributed by atoms with van der Waals surface area (Å²) in [6.07, 6.45) is 7.60. The third-order valence-electron chi connectivity index (χ3n) is 7.43. The van der Waals surface area contributed by atoms with Crippen LogP contribution < -0.4 is 5.32 Å². The molecule has 38 heavy (non-hydrogen) atoms. The van der Waals surface area contributed by atoms with Gasteiger partial charge < -0.3 is 34.4 Å². The van der Waals surface area contributed by atoms with E-state index < -0.39 is 0 Å². The van der Waals surface area contributed by atoms with Crippen molar-refractivity contribution in [2.75, 3.05) is 21.3 Å². The minimum absolute atomic E-state index is 0.230. The fourth-order valence-electron chi connectivity index (χ4n) is 5.27. The number of nitrogens with one attached hydrogen (secondary N) is 1. The van der Waals surface area contributed by atoms with Crippen LogP contribution in [-0.2, 0) is 27.2 Å². The molecule has 2 aromatic carbocycles. The molecule has 0 amide bonds. The number of fused-ring (bicyclic) bond motifs is 1. The Kier molecular flexibility index (Phi) is 13.1. The highest BCUT2D eigenvalue weighted by atomic mass is 16.5. The predicted octanol–water partition coefficient (Wildman–Crippen LogP) is 4.36. The number of aliphatic hydroxyl groups excluding tert-OH is 1. The molecule has 8 heteroatoms. The van der Waals surface area contributed by atoms with Crippen LogP contribution in [0.3, 0.4) is 0 Å². The van der Waals surface area contributed by atoms with Crippen molar-refractivity contribution >= 4 is 24.1 Å². The molecule has 1 aromatic heterocycles. The van der Waals surface area contributed by atoms with Crippen molar-refractivity contribution in [3.05, 3.63) is 59.4 Å². The smallest absolute Gasteiger partial charge is 0.127 e. The van der Waals surface area contributed by atoms with Crippen LogP contribution in [0.1, 0.15) is 67.9 Å². The average molecular weight is 526 g/mol. The van der Waals surface area contributed by atoms with E-state index in [1.807, 2.05) is 50.2 Å². The molecule has 4 rings (SSSR count). The number of ether oxygens (including phenoxy) is 1. The first kappa shape index (κ1) is 31.1. The number of carbonyl (C=O) groups excluding carboxylic acids is 2. The van der Waals surface area contributed by atoms with Gasteiger partial charge in [0.15, 0.2) is 0 Å². The van der Waals surface area contributed by atoms with Crippen LogP contribution in [-0.4, -0.2) is 66.3 Å². The molecule has 3 aromatic rings. The molecule has 1 fully saturated rings. The van der Waals surface area contributed by atoms with E-state index in [9.17, 15) is 9.90 Å². The normalized spacial score (nSPS) is 18.4. The number of hydrogen-bond acceptors (Lipinski definition) is 7. The highest BCUT2D eigenvalue weighted by Gasteiger charge is 2.29. The van der Waals surface area contributed by atoms with E-state index in [4.69, 9.17) is 19.6 Å². The van der Waals surface area contributed by atoms with E-state index in [2.05, 4.69) is 16.8 Å². The molecular weight excluding hydrogens is 482 g/mol. The van der Waals surface area contributed by atoms with Gasteiger partial charge in [0.05, 0.1) is 17.1 Å². The number of benzene rings is 2. The summed E-state index contributed by atoms with van der Waals surface area (Å²) in [6.45, 7) is 4.14. The molecule has 8 nitrogen and oxygen atoms in total. The lowest BCUT2D eigenvalue weighted by Crippen LogP contribution is -2.25. The quantitative estimate of drug-likeness (QED) is 0.337. The first-order valence-corrected chi connectivity index (χ1v) is 13.2. The zero-order chi connectivity index (χ0) is 28.1. The van der Waals surface area contributed by atoms with Crippen molar-refractivity contribution in [3.8, 4) is 5.75 Å². The van der Waals surface area contributed by atoms with Crippen LogP contribution in [0.2, 0.25) is 0 Å². The maximum Gasteiger partial charge on any atom is 0.127 e. The van der Waals surface area contributed by atoms with Gasteiger partial charge in [-0.15, -0.1) is 0 Å². The monoisotopic (exact) mass is 525 g/mol. The molecule has 208 valence electrons. The molecule has 1 aliphatic rings. The van der Waals surface area contributed by atoms with Crippen LogP contribution in [0, 0.1) is 0 Å². The van der Waals surface area contributed by atoms with Gasteiger partial charge in [-0.05, 0) is 70.2 Å². The number of carbonyl (C=O) groups is 2. The molecule has 0 radical (unpaired) electrons. The Morgan fingerprint density at radius 1 is 1.18 bits per heavy atom. The van der Waals surface area contributed by atoms with E-state index in [0.717, 1.165) is 79.9 Å². The lowest BCUT2D eigenvalue weighted by molar-refractivity contribution is -0.109. The number of aromatic nitrogens is 2. The van der Waals surface area contributed by atoms with Gasteiger partial charge >= 0.3 is 0 Å². The molecule has 1 aliphatic carbocycles. The molecule has 0 bridgehead atoms. The molecule has 4 unspecified atom stereocenters. The fourth-order valence-corrected chi connectivity index (χ4v) is 5.27. The van der Waals surface area contributed by atoms with Gasteiger partial charge in [-0.1, -0.05) is 30.3 Å². The summed E-state index contributed by atoms with van der Waals surface area (Å²) in [5.41, 5.74) is 3.79. The van der Waals surface area contributed by atoms with E-state index >= 15 is 0 Å². The first-order valence-electron chi connectivity index (χ1n) is 13.2. The molecule has 0 saturated heterocycles. The Bertz CT molecular complexity index is 1120. The molecule has 1 saturated carbocycles. The summed E-state index contributed by atoms with van der Waals surface area (Å²) in [5.74, 6) is 0.937. The van der Waals surface area contributed by atoms with E-state index in [0.29, 0.717) is 18.2 Å². The maximum absolute atomic E-state index is 12.1. The van der Waals surface area contributed by atoms with Gasteiger partial charge in [-0.25, -0.2) is 4.98 Å². The number of hydrogen-bond donors (Lipinski definition) is 3. The highest BCUT2D eigenvalue weighted by molar-refractivity contribution is 5.82. The third kappa shape index (κ3) is 7.49. The Morgan fingerprint density at radius 3 is 2.53 bits per heavy atom. The largest absolute Gasteiger partial charge is 0.508 e. The molecule has 1 heterocycles. The fraction of sp³-hybridized carbons (Fsp3) is 0.500. The van der Waals surface area contributed by atoms with E-state index in [-0.39, 0.29) is 18.1 Å². The molecule has 3 N–H and O–H groups in total.